The molecule has 1 aromatic carbocycles. The van der Waals surface area contributed by atoms with Crippen molar-refractivity contribution in [3.05, 3.63) is 47.0 Å². The van der Waals surface area contributed by atoms with Crippen LogP contribution in [0, 0.1) is 0 Å². The molecule has 2 aromatic rings. The second-order valence-electron chi connectivity index (χ2n) is 4.50. The zero-order chi connectivity index (χ0) is 13.0. The van der Waals surface area contributed by atoms with E-state index in [1.165, 1.54) is 5.56 Å². The molecule has 96 valence electrons. The van der Waals surface area contributed by atoms with Crippen molar-refractivity contribution < 1.29 is 0 Å². The molecule has 0 radical (unpaired) electrons. The predicted molar refractivity (Wildman–Crippen MR) is 78.1 cm³/mol. The normalized spacial score (nSPS) is 12.4. The number of likely N-dealkylation sites (N-methyl/N-ethyl adjacent to an activating group) is 1. The van der Waals surface area contributed by atoms with Gasteiger partial charge in [-0.2, -0.15) is 0 Å². The van der Waals surface area contributed by atoms with Crippen LogP contribution in [0.15, 0.2) is 35.7 Å². The van der Waals surface area contributed by atoms with Crippen LogP contribution >= 0.6 is 11.3 Å². The summed E-state index contributed by atoms with van der Waals surface area (Å²) in [4.78, 5) is 6.73. The van der Waals surface area contributed by atoms with Gasteiger partial charge in [0.05, 0.1) is 5.69 Å². The first-order valence-corrected chi connectivity index (χ1v) is 7.01. The standard InChI is InChI=1S/C14H19N3S/c1-11(15)13-10-18-14(16-13)17(2)9-8-12-6-4-3-5-7-12/h3-7,10-11H,8-9,15H2,1-2H3. The zero-order valence-electron chi connectivity index (χ0n) is 10.8. The molecular weight excluding hydrogens is 242 g/mol. The van der Waals surface area contributed by atoms with Gasteiger partial charge in [-0.15, -0.1) is 11.3 Å². The molecule has 0 saturated carbocycles. The molecule has 0 saturated heterocycles. The lowest BCUT2D eigenvalue weighted by Crippen LogP contribution is -2.20. The van der Waals surface area contributed by atoms with Crippen LogP contribution in [0.2, 0.25) is 0 Å². The summed E-state index contributed by atoms with van der Waals surface area (Å²) in [7, 11) is 2.08. The number of rotatable bonds is 5. The maximum Gasteiger partial charge on any atom is 0.185 e. The summed E-state index contributed by atoms with van der Waals surface area (Å²) >= 11 is 1.66. The molecule has 0 bridgehead atoms. The van der Waals surface area contributed by atoms with Gasteiger partial charge in [0.2, 0.25) is 0 Å². The summed E-state index contributed by atoms with van der Waals surface area (Å²) < 4.78 is 0. The monoisotopic (exact) mass is 261 g/mol. The lowest BCUT2D eigenvalue weighted by atomic mass is 10.1. The molecule has 0 spiro atoms. The van der Waals surface area contributed by atoms with Gasteiger partial charge in [-0.1, -0.05) is 30.3 Å². The highest BCUT2D eigenvalue weighted by Gasteiger charge is 2.09. The molecule has 1 atom stereocenters. The van der Waals surface area contributed by atoms with E-state index < -0.39 is 0 Å². The van der Waals surface area contributed by atoms with Crippen LogP contribution in [-0.4, -0.2) is 18.6 Å². The van der Waals surface area contributed by atoms with Gasteiger partial charge < -0.3 is 10.6 Å². The maximum atomic E-state index is 5.82. The minimum atomic E-state index is 0.0116. The molecule has 0 aliphatic carbocycles. The second kappa shape index (κ2) is 5.98. The van der Waals surface area contributed by atoms with E-state index in [4.69, 9.17) is 5.73 Å². The fourth-order valence-electron chi connectivity index (χ4n) is 1.70. The van der Waals surface area contributed by atoms with Gasteiger partial charge in [0.25, 0.3) is 0 Å². The third kappa shape index (κ3) is 3.31. The van der Waals surface area contributed by atoms with E-state index in [1.807, 2.05) is 18.4 Å². The van der Waals surface area contributed by atoms with Crippen molar-refractivity contribution in [2.75, 3.05) is 18.5 Å². The van der Waals surface area contributed by atoms with Crippen LogP contribution in [0.25, 0.3) is 0 Å². The van der Waals surface area contributed by atoms with Crippen molar-refractivity contribution in [1.82, 2.24) is 4.98 Å². The number of thiazole rings is 1. The molecule has 0 amide bonds. The summed E-state index contributed by atoms with van der Waals surface area (Å²) in [5.41, 5.74) is 8.15. The van der Waals surface area contributed by atoms with Crippen LogP contribution in [0.3, 0.4) is 0 Å². The van der Waals surface area contributed by atoms with Crippen LogP contribution in [-0.2, 0) is 6.42 Å². The lowest BCUT2D eigenvalue weighted by molar-refractivity contribution is 0.782. The molecule has 1 aromatic heterocycles. The summed E-state index contributed by atoms with van der Waals surface area (Å²) in [5, 5.41) is 3.08. The molecule has 2 N–H and O–H groups in total. The highest BCUT2D eigenvalue weighted by molar-refractivity contribution is 7.13. The van der Waals surface area contributed by atoms with Gasteiger partial charge in [-0.05, 0) is 18.9 Å². The molecule has 2 rings (SSSR count). The van der Waals surface area contributed by atoms with Crippen molar-refractivity contribution in [3.8, 4) is 0 Å². The number of aromatic nitrogens is 1. The minimum absolute atomic E-state index is 0.0116. The molecule has 3 nitrogen and oxygen atoms in total. The minimum Gasteiger partial charge on any atom is -0.351 e. The number of nitrogens with two attached hydrogens (primary N) is 1. The first-order valence-electron chi connectivity index (χ1n) is 6.13. The Balaban J connectivity index is 1.93. The SMILES string of the molecule is CC(N)c1csc(N(C)CCc2ccccc2)n1. The number of nitrogens with zero attached hydrogens (tertiary/aromatic N) is 2. The predicted octanol–water partition coefficient (Wildman–Crippen LogP) is 2.84. The Bertz CT molecular complexity index is 479. The molecule has 0 fully saturated rings. The summed E-state index contributed by atoms with van der Waals surface area (Å²) in [6, 6.07) is 10.5. The van der Waals surface area contributed by atoms with Crippen LogP contribution in [0.4, 0.5) is 5.13 Å². The number of hydrogen-bond acceptors (Lipinski definition) is 4. The molecule has 18 heavy (non-hydrogen) atoms. The number of hydrogen-bond donors (Lipinski definition) is 1. The first-order chi connectivity index (χ1) is 8.66. The Morgan fingerprint density at radius 3 is 2.67 bits per heavy atom. The van der Waals surface area contributed by atoms with Gasteiger partial charge in [0.15, 0.2) is 5.13 Å². The number of benzene rings is 1. The van der Waals surface area contributed by atoms with Crippen molar-refractivity contribution >= 4 is 16.5 Å². The quantitative estimate of drug-likeness (QED) is 0.900. The van der Waals surface area contributed by atoms with Crippen molar-refractivity contribution in [3.63, 3.8) is 0 Å². The first kappa shape index (κ1) is 13.1. The molecule has 1 heterocycles. The van der Waals surface area contributed by atoms with E-state index in [0.29, 0.717) is 0 Å². The van der Waals surface area contributed by atoms with E-state index in [-0.39, 0.29) is 6.04 Å². The summed E-state index contributed by atoms with van der Waals surface area (Å²) in [6.07, 6.45) is 1.03. The topological polar surface area (TPSA) is 42.1 Å². The summed E-state index contributed by atoms with van der Waals surface area (Å²) in [5.74, 6) is 0. The fraction of sp³-hybridized carbons (Fsp3) is 0.357. The Morgan fingerprint density at radius 1 is 1.33 bits per heavy atom. The zero-order valence-corrected chi connectivity index (χ0v) is 11.7. The largest absolute Gasteiger partial charge is 0.351 e. The Hall–Kier alpha value is -1.39. The molecule has 1 unspecified atom stereocenters. The van der Waals surface area contributed by atoms with E-state index >= 15 is 0 Å². The smallest absolute Gasteiger partial charge is 0.185 e. The van der Waals surface area contributed by atoms with Crippen LogP contribution in [0.1, 0.15) is 24.2 Å². The van der Waals surface area contributed by atoms with Crippen molar-refractivity contribution in [2.24, 2.45) is 5.73 Å². The van der Waals surface area contributed by atoms with Gasteiger partial charge >= 0.3 is 0 Å². The van der Waals surface area contributed by atoms with Gasteiger partial charge in [0.1, 0.15) is 0 Å². The van der Waals surface area contributed by atoms with Crippen molar-refractivity contribution in [1.29, 1.82) is 0 Å². The van der Waals surface area contributed by atoms with E-state index in [2.05, 4.69) is 41.2 Å². The van der Waals surface area contributed by atoms with Gasteiger partial charge in [-0.25, -0.2) is 4.98 Å². The van der Waals surface area contributed by atoms with E-state index in [1.54, 1.807) is 11.3 Å². The molecule has 4 heteroatoms. The summed E-state index contributed by atoms with van der Waals surface area (Å²) in [6.45, 7) is 2.93. The third-order valence-electron chi connectivity index (χ3n) is 2.88. The average molecular weight is 261 g/mol. The van der Waals surface area contributed by atoms with Gasteiger partial charge in [-0.3, -0.25) is 0 Å². The van der Waals surface area contributed by atoms with E-state index in [9.17, 15) is 0 Å². The van der Waals surface area contributed by atoms with Crippen LogP contribution in [0.5, 0.6) is 0 Å². The van der Waals surface area contributed by atoms with Crippen molar-refractivity contribution in [2.45, 2.75) is 19.4 Å². The third-order valence-corrected chi connectivity index (χ3v) is 3.85. The van der Waals surface area contributed by atoms with Gasteiger partial charge in [0, 0.05) is 25.0 Å². The highest BCUT2D eigenvalue weighted by Crippen LogP contribution is 2.22. The Morgan fingerprint density at radius 2 is 2.06 bits per heavy atom. The second-order valence-corrected chi connectivity index (χ2v) is 5.34. The molecular formula is C14H19N3S. The highest BCUT2D eigenvalue weighted by atomic mass is 32.1. The van der Waals surface area contributed by atoms with Crippen LogP contribution < -0.4 is 10.6 Å². The average Bonchev–Trinajstić information content (AvgIpc) is 2.87. The lowest BCUT2D eigenvalue weighted by Gasteiger charge is -2.15. The Labute approximate surface area is 112 Å². The maximum absolute atomic E-state index is 5.82. The fourth-order valence-corrected chi connectivity index (χ4v) is 2.62. The molecule has 0 aliphatic heterocycles. The van der Waals surface area contributed by atoms with E-state index in [0.717, 1.165) is 23.8 Å². The Kier molecular flexibility index (Phi) is 4.33. The number of anilines is 1. The molecule has 0 aliphatic rings.